The second-order valence-corrected chi connectivity index (χ2v) is 6.87. The number of esters is 1. The van der Waals surface area contributed by atoms with Gasteiger partial charge in [0.2, 0.25) is 10.0 Å². The fourth-order valence-electron chi connectivity index (χ4n) is 2.07. The molecule has 3 N–H and O–H groups in total. The van der Waals surface area contributed by atoms with Crippen LogP contribution in [-0.4, -0.2) is 27.4 Å². The second-order valence-electron chi connectivity index (χ2n) is 5.31. The number of primary sulfonamides is 1. The summed E-state index contributed by atoms with van der Waals surface area (Å²) in [5.41, 5.74) is 1.01. The predicted molar refractivity (Wildman–Crippen MR) is 97.8 cm³/mol. The van der Waals surface area contributed by atoms with Crippen LogP contribution in [0, 0.1) is 11.3 Å². The van der Waals surface area contributed by atoms with Gasteiger partial charge in [0.15, 0.2) is 0 Å². The number of carbonyl (C=O) groups excluding carboxylic acids is 2. The fraction of sp³-hybridized carbons (Fsp3) is 0.0556. The van der Waals surface area contributed by atoms with Crippen molar-refractivity contribution in [3.8, 4) is 6.07 Å². The summed E-state index contributed by atoms with van der Waals surface area (Å²) >= 11 is 0. The van der Waals surface area contributed by atoms with Gasteiger partial charge < -0.3 is 10.1 Å². The molecule has 0 bridgehead atoms. The van der Waals surface area contributed by atoms with Gasteiger partial charge in [-0.3, -0.25) is 4.79 Å². The molecule has 0 saturated heterocycles. The number of nitrogens with one attached hydrogen (secondary N) is 1. The van der Waals surface area contributed by atoms with Gasteiger partial charge in [-0.15, -0.1) is 0 Å². The van der Waals surface area contributed by atoms with Gasteiger partial charge in [0.25, 0.3) is 5.91 Å². The number of benzene rings is 2. The molecule has 0 saturated carbocycles. The number of nitrogens with two attached hydrogens (primary N) is 1. The molecule has 0 aliphatic heterocycles. The van der Waals surface area contributed by atoms with E-state index in [1.807, 2.05) is 0 Å². The molecule has 0 heterocycles. The number of nitrogens with zero attached hydrogens (tertiary/aromatic N) is 1. The molecule has 138 valence electrons. The molecule has 0 spiro atoms. The summed E-state index contributed by atoms with van der Waals surface area (Å²) < 4.78 is 27.0. The van der Waals surface area contributed by atoms with Crippen molar-refractivity contribution in [1.29, 1.82) is 5.26 Å². The van der Waals surface area contributed by atoms with E-state index in [0.717, 1.165) is 0 Å². The third-order valence-corrected chi connectivity index (χ3v) is 4.38. The standard InChI is InChI=1S/C18H15N3O5S/c1-26-18(23)13-4-2-12(3-5-13)10-14(11-19)17(22)21-15-6-8-16(9-7-15)27(20,24)25/h2-10H,1H3,(H,21,22)(H2,20,24,25)/b14-10-. The number of sulfonamides is 1. The maximum absolute atomic E-state index is 12.2. The van der Waals surface area contributed by atoms with Crippen molar-refractivity contribution in [3.63, 3.8) is 0 Å². The van der Waals surface area contributed by atoms with Crippen molar-refractivity contribution < 1.29 is 22.7 Å². The third-order valence-electron chi connectivity index (χ3n) is 3.45. The van der Waals surface area contributed by atoms with E-state index >= 15 is 0 Å². The lowest BCUT2D eigenvalue weighted by Gasteiger charge is -2.05. The highest BCUT2D eigenvalue weighted by molar-refractivity contribution is 7.89. The highest BCUT2D eigenvalue weighted by Crippen LogP contribution is 2.15. The quantitative estimate of drug-likeness (QED) is 0.456. The Kier molecular flexibility index (Phi) is 6.07. The van der Waals surface area contributed by atoms with Gasteiger partial charge in [-0.05, 0) is 48.0 Å². The van der Waals surface area contributed by atoms with Crippen LogP contribution in [0.15, 0.2) is 59.0 Å². The van der Waals surface area contributed by atoms with E-state index in [9.17, 15) is 23.3 Å². The molecule has 27 heavy (non-hydrogen) atoms. The molecule has 0 aliphatic rings. The zero-order valence-electron chi connectivity index (χ0n) is 14.2. The van der Waals surface area contributed by atoms with E-state index in [4.69, 9.17) is 5.14 Å². The molecule has 8 nitrogen and oxygen atoms in total. The summed E-state index contributed by atoms with van der Waals surface area (Å²) in [5.74, 6) is -1.16. The van der Waals surface area contributed by atoms with Gasteiger partial charge >= 0.3 is 5.97 Å². The van der Waals surface area contributed by atoms with Crippen molar-refractivity contribution in [2.24, 2.45) is 5.14 Å². The van der Waals surface area contributed by atoms with Crippen LogP contribution < -0.4 is 10.5 Å². The molecule has 2 aromatic rings. The van der Waals surface area contributed by atoms with Crippen LogP contribution in [0.2, 0.25) is 0 Å². The van der Waals surface area contributed by atoms with Crippen molar-refractivity contribution in [1.82, 2.24) is 0 Å². The molecule has 1 amide bonds. The van der Waals surface area contributed by atoms with Gasteiger partial charge in [-0.25, -0.2) is 18.4 Å². The Hall–Kier alpha value is -3.48. The van der Waals surface area contributed by atoms with Crippen molar-refractivity contribution in [3.05, 3.63) is 65.2 Å². The molecular formula is C18H15N3O5S. The van der Waals surface area contributed by atoms with Gasteiger partial charge in [0.1, 0.15) is 11.6 Å². The highest BCUT2D eigenvalue weighted by atomic mass is 32.2. The Morgan fingerprint density at radius 2 is 1.70 bits per heavy atom. The van der Waals surface area contributed by atoms with Crippen LogP contribution in [0.25, 0.3) is 6.08 Å². The van der Waals surface area contributed by atoms with Crippen molar-refractivity contribution in [2.75, 3.05) is 12.4 Å². The zero-order chi connectivity index (χ0) is 20.0. The lowest BCUT2D eigenvalue weighted by Crippen LogP contribution is -2.14. The number of amides is 1. The second kappa shape index (κ2) is 8.27. The first kappa shape index (κ1) is 19.8. The Balaban J connectivity index is 2.17. The predicted octanol–water partition coefficient (Wildman–Crippen LogP) is 1.67. The average Bonchev–Trinajstić information content (AvgIpc) is 2.65. The number of methoxy groups -OCH3 is 1. The molecule has 0 unspecified atom stereocenters. The highest BCUT2D eigenvalue weighted by Gasteiger charge is 2.12. The van der Waals surface area contributed by atoms with E-state index < -0.39 is 21.9 Å². The summed E-state index contributed by atoms with van der Waals surface area (Å²) in [7, 11) is -2.56. The minimum atomic E-state index is -3.83. The Morgan fingerprint density at radius 3 is 2.19 bits per heavy atom. The monoisotopic (exact) mass is 385 g/mol. The Bertz CT molecular complexity index is 1030. The topological polar surface area (TPSA) is 139 Å². The van der Waals surface area contributed by atoms with E-state index in [-0.39, 0.29) is 10.5 Å². The SMILES string of the molecule is COC(=O)c1ccc(/C=C(/C#N)C(=O)Nc2ccc(S(N)(=O)=O)cc2)cc1. The number of rotatable bonds is 5. The van der Waals surface area contributed by atoms with Gasteiger partial charge in [-0.2, -0.15) is 5.26 Å². The van der Waals surface area contributed by atoms with E-state index in [0.29, 0.717) is 16.8 Å². The minimum absolute atomic E-state index is 0.0951. The Morgan fingerprint density at radius 1 is 1.11 bits per heavy atom. The fourth-order valence-corrected chi connectivity index (χ4v) is 2.59. The normalized spacial score (nSPS) is 11.4. The summed E-state index contributed by atoms with van der Waals surface area (Å²) in [4.78, 5) is 23.5. The van der Waals surface area contributed by atoms with Crippen molar-refractivity contribution >= 4 is 33.7 Å². The molecule has 0 aliphatic carbocycles. The summed E-state index contributed by atoms with van der Waals surface area (Å²) in [5, 5.41) is 16.7. The molecule has 0 aromatic heterocycles. The maximum Gasteiger partial charge on any atom is 0.337 e. The number of hydrogen-bond acceptors (Lipinski definition) is 6. The van der Waals surface area contributed by atoms with E-state index in [2.05, 4.69) is 10.1 Å². The molecule has 9 heteroatoms. The minimum Gasteiger partial charge on any atom is -0.465 e. The first-order chi connectivity index (χ1) is 12.7. The van der Waals surface area contributed by atoms with Crippen LogP contribution in [0.3, 0.4) is 0 Å². The van der Waals surface area contributed by atoms with E-state index in [1.165, 1.54) is 49.6 Å². The third kappa shape index (κ3) is 5.24. The van der Waals surface area contributed by atoms with Crippen LogP contribution in [0.1, 0.15) is 15.9 Å². The number of nitriles is 1. The average molecular weight is 385 g/mol. The number of anilines is 1. The smallest absolute Gasteiger partial charge is 0.337 e. The first-order valence-electron chi connectivity index (χ1n) is 7.49. The zero-order valence-corrected chi connectivity index (χ0v) is 15.0. The summed E-state index contributed by atoms with van der Waals surface area (Å²) in [6.45, 7) is 0. The molecular weight excluding hydrogens is 370 g/mol. The number of carbonyl (C=O) groups is 2. The molecule has 2 aromatic carbocycles. The van der Waals surface area contributed by atoms with Crippen LogP contribution >= 0.6 is 0 Å². The van der Waals surface area contributed by atoms with E-state index in [1.54, 1.807) is 18.2 Å². The molecule has 0 atom stereocenters. The molecule has 0 radical (unpaired) electrons. The molecule has 2 rings (SSSR count). The Labute approximate surface area is 155 Å². The van der Waals surface area contributed by atoms with Crippen LogP contribution in [0.4, 0.5) is 5.69 Å². The van der Waals surface area contributed by atoms with Crippen molar-refractivity contribution in [2.45, 2.75) is 4.90 Å². The summed E-state index contributed by atoms with van der Waals surface area (Å²) in [6.07, 6.45) is 1.36. The van der Waals surface area contributed by atoms with Gasteiger partial charge in [0.05, 0.1) is 17.6 Å². The first-order valence-corrected chi connectivity index (χ1v) is 9.03. The summed E-state index contributed by atoms with van der Waals surface area (Å²) in [6, 6.07) is 13.2. The number of hydrogen-bond donors (Lipinski definition) is 2. The number of ether oxygens (including phenoxy) is 1. The molecule has 0 fully saturated rings. The van der Waals surface area contributed by atoms with Gasteiger partial charge in [0, 0.05) is 5.69 Å². The lowest BCUT2D eigenvalue weighted by molar-refractivity contribution is -0.112. The van der Waals surface area contributed by atoms with Crippen LogP contribution in [0.5, 0.6) is 0 Å². The largest absolute Gasteiger partial charge is 0.465 e. The lowest BCUT2D eigenvalue weighted by atomic mass is 10.1. The van der Waals surface area contributed by atoms with Crippen LogP contribution in [-0.2, 0) is 19.6 Å². The maximum atomic E-state index is 12.2. The van der Waals surface area contributed by atoms with Gasteiger partial charge in [-0.1, -0.05) is 12.1 Å².